The molecule has 3 N–H and O–H groups in total. The van der Waals surface area contributed by atoms with Crippen molar-refractivity contribution in [3.05, 3.63) is 65.0 Å². The molecule has 4 heteroatoms. The number of carbonyl (C=O) groups is 1. The molecule has 1 amide bonds. The van der Waals surface area contributed by atoms with Gasteiger partial charge in [-0.25, -0.2) is 4.39 Å². The predicted molar refractivity (Wildman–Crippen MR) is 81.5 cm³/mol. The van der Waals surface area contributed by atoms with Crippen molar-refractivity contribution in [1.82, 2.24) is 0 Å². The first-order chi connectivity index (χ1) is 10.1. The smallest absolute Gasteiger partial charge is 0.258 e. The highest BCUT2D eigenvalue weighted by molar-refractivity contribution is 6.05. The van der Waals surface area contributed by atoms with Crippen LogP contribution in [0.2, 0.25) is 0 Å². The van der Waals surface area contributed by atoms with Gasteiger partial charge in [-0.15, -0.1) is 0 Å². The Kier molecular flexibility index (Phi) is 4.70. The van der Waals surface area contributed by atoms with E-state index in [1.165, 1.54) is 12.1 Å². The summed E-state index contributed by atoms with van der Waals surface area (Å²) in [5, 5.41) is 2.67. The Morgan fingerprint density at radius 3 is 2.76 bits per heavy atom. The van der Waals surface area contributed by atoms with Gasteiger partial charge < -0.3 is 11.1 Å². The molecule has 21 heavy (non-hydrogen) atoms. The Bertz CT molecular complexity index is 729. The molecule has 0 spiro atoms. The van der Waals surface area contributed by atoms with Crippen LogP contribution in [0.1, 0.15) is 21.5 Å². The molecular formula is C17H15FN2O. The molecule has 0 aliphatic rings. The van der Waals surface area contributed by atoms with Crippen molar-refractivity contribution in [1.29, 1.82) is 0 Å². The molecule has 2 aromatic rings. The molecule has 3 nitrogen and oxygen atoms in total. The number of anilines is 1. The molecule has 0 aromatic heterocycles. The van der Waals surface area contributed by atoms with Crippen molar-refractivity contribution < 1.29 is 9.18 Å². The molecule has 2 rings (SSSR count). The lowest BCUT2D eigenvalue weighted by Crippen LogP contribution is -2.14. The zero-order valence-corrected chi connectivity index (χ0v) is 11.6. The minimum atomic E-state index is -0.543. The molecule has 0 atom stereocenters. The Morgan fingerprint density at radius 2 is 2.05 bits per heavy atom. The van der Waals surface area contributed by atoms with E-state index < -0.39 is 11.7 Å². The quantitative estimate of drug-likeness (QED) is 0.832. The van der Waals surface area contributed by atoms with E-state index in [9.17, 15) is 9.18 Å². The van der Waals surface area contributed by atoms with E-state index in [0.29, 0.717) is 11.3 Å². The average molecular weight is 282 g/mol. The highest BCUT2D eigenvalue weighted by Crippen LogP contribution is 2.17. The Balaban J connectivity index is 2.27. The number of benzene rings is 2. The molecule has 0 heterocycles. The normalized spacial score (nSPS) is 9.67. The molecule has 0 radical (unpaired) electrons. The minimum Gasteiger partial charge on any atom is -0.321 e. The first-order valence-electron chi connectivity index (χ1n) is 6.47. The molecule has 0 bridgehead atoms. The van der Waals surface area contributed by atoms with Crippen molar-refractivity contribution >= 4 is 11.6 Å². The number of aryl methyl sites for hydroxylation is 1. The van der Waals surface area contributed by atoms with Crippen LogP contribution >= 0.6 is 0 Å². The van der Waals surface area contributed by atoms with Gasteiger partial charge in [-0.2, -0.15) is 0 Å². The van der Waals surface area contributed by atoms with E-state index in [2.05, 4.69) is 17.2 Å². The topological polar surface area (TPSA) is 55.1 Å². The number of nitrogens with two attached hydrogens (primary N) is 1. The Hall–Kier alpha value is -2.64. The van der Waals surface area contributed by atoms with Crippen LogP contribution in [0.15, 0.2) is 42.5 Å². The highest BCUT2D eigenvalue weighted by Gasteiger charge is 2.12. The predicted octanol–water partition coefficient (Wildman–Crippen LogP) is 2.70. The van der Waals surface area contributed by atoms with Crippen LogP contribution in [0.5, 0.6) is 0 Å². The third kappa shape index (κ3) is 3.68. The lowest BCUT2D eigenvalue weighted by atomic mass is 10.1. The highest BCUT2D eigenvalue weighted by atomic mass is 19.1. The van der Waals surface area contributed by atoms with E-state index in [1.54, 1.807) is 31.2 Å². The number of amides is 1. The Morgan fingerprint density at radius 1 is 1.29 bits per heavy atom. The first-order valence-corrected chi connectivity index (χ1v) is 6.47. The van der Waals surface area contributed by atoms with Crippen molar-refractivity contribution in [2.45, 2.75) is 6.92 Å². The lowest BCUT2D eigenvalue weighted by Gasteiger charge is -2.08. The second-order valence-electron chi connectivity index (χ2n) is 4.49. The summed E-state index contributed by atoms with van der Waals surface area (Å²) in [5.41, 5.74) is 7.28. The minimum absolute atomic E-state index is 0.00203. The fourth-order valence-electron chi connectivity index (χ4n) is 1.84. The summed E-state index contributed by atoms with van der Waals surface area (Å²) in [6, 6.07) is 11.5. The molecule has 106 valence electrons. The Labute approximate surface area is 123 Å². The van der Waals surface area contributed by atoms with Crippen LogP contribution in [0.3, 0.4) is 0 Å². The number of rotatable bonds is 2. The maximum atomic E-state index is 13.8. The number of hydrogen-bond acceptors (Lipinski definition) is 2. The van der Waals surface area contributed by atoms with Crippen LogP contribution in [0.4, 0.5) is 10.1 Å². The second-order valence-corrected chi connectivity index (χ2v) is 4.49. The number of hydrogen-bond donors (Lipinski definition) is 2. The van der Waals surface area contributed by atoms with E-state index in [0.717, 1.165) is 5.56 Å². The summed E-state index contributed by atoms with van der Waals surface area (Å²) >= 11 is 0. The molecule has 0 fully saturated rings. The third-order valence-electron chi connectivity index (χ3n) is 2.87. The van der Waals surface area contributed by atoms with Gasteiger partial charge in [-0.3, -0.25) is 4.79 Å². The molecule has 2 aromatic carbocycles. The van der Waals surface area contributed by atoms with E-state index in [-0.39, 0.29) is 12.1 Å². The number of para-hydroxylation sites is 1. The van der Waals surface area contributed by atoms with Gasteiger partial charge in [0.2, 0.25) is 0 Å². The van der Waals surface area contributed by atoms with Gasteiger partial charge in [-0.05, 0) is 36.8 Å². The number of nitrogens with one attached hydrogen (secondary N) is 1. The van der Waals surface area contributed by atoms with Gasteiger partial charge in [0.05, 0.1) is 17.8 Å². The summed E-state index contributed by atoms with van der Waals surface area (Å²) in [6.45, 7) is 2.00. The molecule has 0 unspecified atom stereocenters. The lowest BCUT2D eigenvalue weighted by molar-refractivity contribution is 0.102. The van der Waals surface area contributed by atoms with Crippen molar-refractivity contribution in [2.24, 2.45) is 5.73 Å². The number of halogens is 1. The van der Waals surface area contributed by atoms with Crippen molar-refractivity contribution in [2.75, 3.05) is 11.9 Å². The van der Waals surface area contributed by atoms with Gasteiger partial charge in [0.15, 0.2) is 0 Å². The van der Waals surface area contributed by atoms with Crippen LogP contribution < -0.4 is 11.1 Å². The van der Waals surface area contributed by atoms with E-state index >= 15 is 0 Å². The summed E-state index contributed by atoms with van der Waals surface area (Å²) in [6.07, 6.45) is 0. The largest absolute Gasteiger partial charge is 0.321 e. The van der Waals surface area contributed by atoms with Crippen molar-refractivity contribution in [3.8, 4) is 11.8 Å². The molecule has 0 aliphatic carbocycles. The SMILES string of the molecule is Cc1ccc(C(=O)Nc2ccccc2C#CCN)c(F)c1. The summed E-state index contributed by atoms with van der Waals surface area (Å²) in [5.74, 6) is 4.55. The summed E-state index contributed by atoms with van der Waals surface area (Å²) in [7, 11) is 0. The molecule has 0 saturated heterocycles. The second kappa shape index (κ2) is 6.69. The van der Waals surface area contributed by atoms with E-state index in [1.807, 2.05) is 6.07 Å². The van der Waals surface area contributed by atoms with Crippen molar-refractivity contribution in [3.63, 3.8) is 0 Å². The van der Waals surface area contributed by atoms with Gasteiger partial charge in [0.1, 0.15) is 5.82 Å². The van der Waals surface area contributed by atoms with Crippen LogP contribution in [0.25, 0.3) is 0 Å². The zero-order valence-electron chi connectivity index (χ0n) is 11.6. The van der Waals surface area contributed by atoms with Gasteiger partial charge >= 0.3 is 0 Å². The maximum Gasteiger partial charge on any atom is 0.258 e. The summed E-state index contributed by atoms with van der Waals surface area (Å²) in [4.78, 5) is 12.1. The van der Waals surface area contributed by atoms with Crippen LogP contribution in [-0.2, 0) is 0 Å². The van der Waals surface area contributed by atoms with E-state index in [4.69, 9.17) is 5.73 Å². The standard InChI is InChI=1S/C17H15FN2O/c1-12-8-9-14(15(18)11-12)17(21)20-16-7-3-2-5-13(16)6-4-10-19/h2-3,5,7-9,11H,10,19H2,1H3,(H,20,21). The molecule has 0 saturated carbocycles. The van der Waals surface area contributed by atoms with Gasteiger partial charge in [0, 0.05) is 5.56 Å². The fraction of sp³-hybridized carbons (Fsp3) is 0.118. The molecular weight excluding hydrogens is 267 g/mol. The van der Waals surface area contributed by atoms with Crippen LogP contribution in [0, 0.1) is 24.6 Å². The molecule has 0 aliphatic heterocycles. The number of carbonyl (C=O) groups excluding carboxylic acids is 1. The average Bonchev–Trinajstić information content (AvgIpc) is 2.46. The zero-order chi connectivity index (χ0) is 15.2. The van der Waals surface area contributed by atoms with Gasteiger partial charge in [0.25, 0.3) is 5.91 Å². The maximum absolute atomic E-state index is 13.8. The monoisotopic (exact) mass is 282 g/mol. The summed E-state index contributed by atoms with van der Waals surface area (Å²) < 4.78 is 13.8. The third-order valence-corrected chi connectivity index (χ3v) is 2.87. The fourth-order valence-corrected chi connectivity index (χ4v) is 1.84. The first kappa shape index (κ1) is 14.8. The van der Waals surface area contributed by atoms with Crippen LogP contribution in [-0.4, -0.2) is 12.5 Å². The van der Waals surface area contributed by atoms with Gasteiger partial charge in [-0.1, -0.05) is 30.0 Å².